The number of hydrogen-bond donors (Lipinski definition) is 2. The number of hydrogen-bond acceptors (Lipinski definition) is 5. The van der Waals surface area contributed by atoms with Crippen molar-refractivity contribution in [3.05, 3.63) is 11.3 Å². The van der Waals surface area contributed by atoms with Crippen LogP contribution in [-0.2, 0) is 11.8 Å². The van der Waals surface area contributed by atoms with Gasteiger partial charge in [-0.15, -0.1) is 0 Å². The van der Waals surface area contributed by atoms with Crippen molar-refractivity contribution in [2.24, 2.45) is 12.8 Å². The van der Waals surface area contributed by atoms with Crippen molar-refractivity contribution in [3.63, 3.8) is 0 Å². The number of ether oxygens (including phenoxy) is 1. The van der Waals surface area contributed by atoms with Gasteiger partial charge in [0.15, 0.2) is 0 Å². The van der Waals surface area contributed by atoms with Crippen LogP contribution in [0.15, 0.2) is 0 Å². The number of aryl methyl sites for hydroxylation is 2. The van der Waals surface area contributed by atoms with E-state index in [0.29, 0.717) is 23.6 Å². The predicted molar refractivity (Wildman–Crippen MR) is 56.7 cm³/mol. The molecule has 0 aromatic carbocycles. The first kappa shape index (κ1) is 11.8. The zero-order chi connectivity index (χ0) is 12.1. The van der Waals surface area contributed by atoms with Gasteiger partial charge in [0.05, 0.1) is 12.2 Å². The average molecular weight is 223 g/mol. The standard InChI is InChI=1S/C9H13N5O2/c1-6-7(5-10)8(14(2)13-6)12-3-4-16-9(11)15/h12H,3-4H2,1-2H3,(H2,11,15). The van der Waals surface area contributed by atoms with Gasteiger partial charge < -0.3 is 15.8 Å². The van der Waals surface area contributed by atoms with Gasteiger partial charge in [0.25, 0.3) is 0 Å². The molecule has 0 aliphatic heterocycles. The third-order valence-corrected chi connectivity index (χ3v) is 1.97. The Hall–Kier alpha value is -2.23. The molecule has 16 heavy (non-hydrogen) atoms. The van der Waals surface area contributed by atoms with E-state index in [4.69, 9.17) is 11.0 Å². The molecule has 1 aromatic rings. The van der Waals surface area contributed by atoms with Crippen molar-refractivity contribution in [3.8, 4) is 6.07 Å². The van der Waals surface area contributed by atoms with E-state index in [-0.39, 0.29) is 6.61 Å². The van der Waals surface area contributed by atoms with Crippen LogP contribution in [0.25, 0.3) is 0 Å². The van der Waals surface area contributed by atoms with E-state index in [0.717, 1.165) is 0 Å². The summed E-state index contributed by atoms with van der Waals surface area (Å²) in [4.78, 5) is 10.3. The fraction of sp³-hybridized carbons (Fsp3) is 0.444. The number of amides is 1. The average Bonchev–Trinajstić information content (AvgIpc) is 2.47. The fourth-order valence-corrected chi connectivity index (χ4v) is 1.32. The summed E-state index contributed by atoms with van der Waals surface area (Å²) in [6.45, 7) is 2.27. The molecule has 1 aromatic heterocycles. The summed E-state index contributed by atoms with van der Waals surface area (Å²) < 4.78 is 6.12. The minimum atomic E-state index is -0.816. The minimum absolute atomic E-state index is 0.143. The molecule has 0 fully saturated rings. The molecule has 3 N–H and O–H groups in total. The second kappa shape index (κ2) is 5.02. The summed E-state index contributed by atoms with van der Waals surface area (Å²) >= 11 is 0. The maximum absolute atomic E-state index is 10.3. The Bertz CT molecular complexity index is 432. The summed E-state index contributed by atoms with van der Waals surface area (Å²) in [5, 5.41) is 16.0. The van der Waals surface area contributed by atoms with Crippen LogP contribution in [0.5, 0.6) is 0 Å². The molecular formula is C9H13N5O2. The lowest BCUT2D eigenvalue weighted by molar-refractivity contribution is 0.161. The number of primary amides is 1. The Morgan fingerprint density at radius 1 is 1.75 bits per heavy atom. The van der Waals surface area contributed by atoms with Gasteiger partial charge in [-0.1, -0.05) is 0 Å². The summed E-state index contributed by atoms with van der Waals surface area (Å²) in [6, 6.07) is 2.06. The van der Waals surface area contributed by atoms with Crippen LogP contribution >= 0.6 is 0 Å². The second-order valence-electron chi connectivity index (χ2n) is 3.14. The number of rotatable bonds is 4. The van der Waals surface area contributed by atoms with Crippen LogP contribution in [0.3, 0.4) is 0 Å². The summed E-state index contributed by atoms with van der Waals surface area (Å²) in [5.74, 6) is 0.605. The Labute approximate surface area is 92.8 Å². The van der Waals surface area contributed by atoms with Crippen LogP contribution in [0.2, 0.25) is 0 Å². The Morgan fingerprint density at radius 3 is 3.00 bits per heavy atom. The highest BCUT2D eigenvalue weighted by atomic mass is 16.5. The quantitative estimate of drug-likeness (QED) is 0.704. The molecule has 0 spiro atoms. The molecule has 1 rings (SSSR count). The first-order valence-electron chi connectivity index (χ1n) is 4.66. The van der Waals surface area contributed by atoms with Crippen LogP contribution < -0.4 is 11.1 Å². The Kier molecular flexibility index (Phi) is 3.72. The topological polar surface area (TPSA) is 106 Å². The minimum Gasteiger partial charge on any atom is -0.448 e. The SMILES string of the molecule is Cc1nn(C)c(NCCOC(N)=O)c1C#N. The molecule has 0 bridgehead atoms. The van der Waals surface area contributed by atoms with E-state index in [9.17, 15) is 4.79 Å². The van der Waals surface area contributed by atoms with Crippen LogP contribution in [0, 0.1) is 18.3 Å². The lowest BCUT2D eigenvalue weighted by Crippen LogP contribution is -2.19. The lowest BCUT2D eigenvalue weighted by Gasteiger charge is -2.06. The number of aromatic nitrogens is 2. The summed E-state index contributed by atoms with van der Waals surface area (Å²) in [7, 11) is 1.73. The van der Waals surface area contributed by atoms with Crippen LogP contribution in [-0.4, -0.2) is 29.0 Å². The van der Waals surface area contributed by atoms with Gasteiger partial charge in [-0.2, -0.15) is 10.4 Å². The van der Waals surface area contributed by atoms with Crippen molar-refractivity contribution < 1.29 is 9.53 Å². The predicted octanol–water partition coefficient (Wildman–Crippen LogP) is 0.107. The first-order valence-corrected chi connectivity index (χ1v) is 4.66. The zero-order valence-electron chi connectivity index (χ0n) is 9.15. The fourth-order valence-electron chi connectivity index (χ4n) is 1.32. The Balaban J connectivity index is 2.60. The van der Waals surface area contributed by atoms with Crippen molar-refractivity contribution in [1.82, 2.24) is 9.78 Å². The molecule has 86 valence electrons. The van der Waals surface area contributed by atoms with E-state index < -0.39 is 6.09 Å². The molecule has 1 amide bonds. The molecule has 0 aliphatic rings. The lowest BCUT2D eigenvalue weighted by atomic mass is 10.2. The van der Waals surface area contributed by atoms with Crippen LogP contribution in [0.1, 0.15) is 11.3 Å². The van der Waals surface area contributed by atoms with Crippen molar-refractivity contribution >= 4 is 11.9 Å². The van der Waals surface area contributed by atoms with Gasteiger partial charge in [-0.05, 0) is 6.92 Å². The highest BCUT2D eigenvalue weighted by Gasteiger charge is 2.11. The maximum atomic E-state index is 10.3. The number of nitrogens with two attached hydrogens (primary N) is 1. The van der Waals surface area contributed by atoms with Gasteiger partial charge in [0.2, 0.25) is 0 Å². The van der Waals surface area contributed by atoms with E-state index in [1.54, 1.807) is 18.7 Å². The summed E-state index contributed by atoms with van der Waals surface area (Å²) in [6.07, 6.45) is -0.816. The third-order valence-electron chi connectivity index (χ3n) is 1.97. The van der Waals surface area contributed by atoms with E-state index in [1.807, 2.05) is 0 Å². The third kappa shape index (κ3) is 2.63. The molecular weight excluding hydrogens is 210 g/mol. The van der Waals surface area contributed by atoms with Gasteiger partial charge in [-0.3, -0.25) is 4.68 Å². The molecule has 0 saturated carbocycles. The maximum Gasteiger partial charge on any atom is 0.404 e. The summed E-state index contributed by atoms with van der Waals surface area (Å²) in [5.41, 5.74) is 5.95. The largest absolute Gasteiger partial charge is 0.448 e. The molecule has 7 nitrogen and oxygen atoms in total. The number of carbonyl (C=O) groups excluding carboxylic acids is 1. The molecule has 0 atom stereocenters. The van der Waals surface area contributed by atoms with Gasteiger partial charge in [-0.25, -0.2) is 4.79 Å². The zero-order valence-corrected chi connectivity index (χ0v) is 9.15. The molecule has 1 heterocycles. The van der Waals surface area contributed by atoms with E-state index in [2.05, 4.69) is 21.2 Å². The highest BCUT2D eigenvalue weighted by molar-refractivity contribution is 5.64. The number of nitrogens with one attached hydrogen (secondary N) is 1. The van der Waals surface area contributed by atoms with E-state index >= 15 is 0 Å². The number of nitriles is 1. The van der Waals surface area contributed by atoms with Crippen molar-refractivity contribution in [2.45, 2.75) is 6.92 Å². The van der Waals surface area contributed by atoms with Crippen molar-refractivity contribution in [2.75, 3.05) is 18.5 Å². The molecule has 0 aliphatic carbocycles. The molecule has 0 unspecified atom stereocenters. The normalized spacial score (nSPS) is 9.56. The Morgan fingerprint density at radius 2 is 2.44 bits per heavy atom. The van der Waals surface area contributed by atoms with Gasteiger partial charge in [0.1, 0.15) is 24.1 Å². The second-order valence-corrected chi connectivity index (χ2v) is 3.14. The highest BCUT2D eigenvalue weighted by Crippen LogP contribution is 2.16. The van der Waals surface area contributed by atoms with Gasteiger partial charge >= 0.3 is 6.09 Å². The van der Waals surface area contributed by atoms with Crippen LogP contribution in [0.4, 0.5) is 10.6 Å². The van der Waals surface area contributed by atoms with Crippen molar-refractivity contribution in [1.29, 1.82) is 5.26 Å². The smallest absolute Gasteiger partial charge is 0.404 e. The molecule has 7 heteroatoms. The van der Waals surface area contributed by atoms with E-state index in [1.165, 1.54) is 0 Å². The number of anilines is 1. The number of nitrogens with zero attached hydrogens (tertiary/aromatic N) is 3. The monoisotopic (exact) mass is 223 g/mol. The number of carbonyl (C=O) groups is 1. The van der Waals surface area contributed by atoms with Gasteiger partial charge in [0, 0.05) is 7.05 Å². The molecule has 0 radical (unpaired) electrons. The first-order chi connectivity index (χ1) is 7.56. The molecule has 0 saturated heterocycles.